The Bertz CT molecular complexity index is 726. The number of hydrogen-bond acceptors (Lipinski definition) is 3. The number of likely N-dealkylation sites (N-methyl/N-ethyl adjacent to an activating group) is 1. The van der Waals surface area contributed by atoms with Gasteiger partial charge < -0.3 is 14.2 Å². The van der Waals surface area contributed by atoms with Gasteiger partial charge in [-0.05, 0) is 42.7 Å². The molecule has 0 aliphatic heterocycles. The van der Waals surface area contributed by atoms with Crippen molar-refractivity contribution in [1.29, 1.82) is 0 Å². The molecular formula is C18H19BrN2O3. The summed E-state index contributed by atoms with van der Waals surface area (Å²) in [6.45, 7) is 0.607. The SMILES string of the molecule is CN(CC(=O)N(Cc1cccc(Br)c1)C1CC1)C(=O)c1ccco1. The fraction of sp³-hybridized carbons (Fsp3) is 0.333. The zero-order chi connectivity index (χ0) is 17.1. The Morgan fingerprint density at radius 1 is 1.25 bits per heavy atom. The third-order valence-electron chi connectivity index (χ3n) is 4.00. The van der Waals surface area contributed by atoms with E-state index in [9.17, 15) is 9.59 Å². The van der Waals surface area contributed by atoms with Crippen molar-refractivity contribution in [3.8, 4) is 0 Å². The lowest BCUT2D eigenvalue weighted by atomic mass is 10.2. The molecule has 0 radical (unpaired) electrons. The second-order valence-electron chi connectivity index (χ2n) is 6.02. The molecule has 2 amide bonds. The molecule has 1 saturated carbocycles. The predicted octanol–water partition coefficient (Wildman–Crippen LogP) is 3.31. The van der Waals surface area contributed by atoms with E-state index in [4.69, 9.17) is 4.42 Å². The minimum absolute atomic E-state index is 0.0418. The Kier molecular flexibility index (Phi) is 5.04. The highest BCUT2D eigenvalue weighted by Gasteiger charge is 2.33. The first-order chi connectivity index (χ1) is 11.5. The van der Waals surface area contributed by atoms with Crippen LogP contribution in [0.2, 0.25) is 0 Å². The van der Waals surface area contributed by atoms with Crippen LogP contribution in [0.4, 0.5) is 0 Å². The van der Waals surface area contributed by atoms with Crippen LogP contribution in [0.15, 0.2) is 51.6 Å². The monoisotopic (exact) mass is 390 g/mol. The van der Waals surface area contributed by atoms with Gasteiger partial charge in [-0.25, -0.2) is 0 Å². The topological polar surface area (TPSA) is 53.8 Å². The summed E-state index contributed by atoms with van der Waals surface area (Å²) in [5.74, 6) is -0.0818. The third-order valence-corrected chi connectivity index (χ3v) is 4.49. The summed E-state index contributed by atoms with van der Waals surface area (Å²) >= 11 is 3.46. The number of halogens is 1. The number of hydrogen-bond donors (Lipinski definition) is 0. The highest BCUT2D eigenvalue weighted by atomic mass is 79.9. The van der Waals surface area contributed by atoms with Crippen molar-refractivity contribution < 1.29 is 14.0 Å². The largest absolute Gasteiger partial charge is 0.459 e. The molecule has 0 atom stereocenters. The van der Waals surface area contributed by atoms with E-state index in [-0.39, 0.29) is 30.2 Å². The highest BCUT2D eigenvalue weighted by Crippen LogP contribution is 2.29. The Morgan fingerprint density at radius 2 is 2.04 bits per heavy atom. The number of rotatable bonds is 6. The van der Waals surface area contributed by atoms with Crippen LogP contribution in [0.3, 0.4) is 0 Å². The van der Waals surface area contributed by atoms with Crippen LogP contribution in [0, 0.1) is 0 Å². The predicted molar refractivity (Wildman–Crippen MR) is 93.4 cm³/mol. The average Bonchev–Trinajstić information content (AvgIpc) is 3.25. The van der Waals surface area contributed by atoms with E-state index in [2.05, 4.69) is 15.9 Å². The molecule has 2 aromatic rings. The molecular weight excluding hydrogens is 372 g/mol. The van der Waals surface area contributed by atoms with Gasteiger partial charge in [0.1, 0.15) is 0 Å². The first-order valence-corrected chi connectivity index (χ1v) is 8.67. The lowest BCUT2D eigenvalue weighted by Crippen LogP contribution is -2.41. The van der Waals surface area contributed by atoms with E-state index in [1.807, 2.05) is 29.2 Å². The van der Waals surface area contributed by atoms with Gasteiger partial charge in [0.2, 0.25) is 5.91 Å². The van der Waals surface area contributed by atoms with Gasteiger partial charge in [0.05, 0.1) is 12.8 Å². The lowest BCUT2D eigenvalue weighted by molar-refractivity contribution is -0.132. The van der Waals surface area contributed by atoms with Gasteiger partial charge in [0.25, 0.3) is 5.91 Å². The van der Waals surface area contributed by atoms with Gasteiger partial charge in [-0.3, -0.25) is 9.59 Å². The van der Waals surface area contributed by atoms with Gasteiger partial charge in [0.15, 0.2) is 5.76 Å². The number of amides is 2. The lowest BCUT2D eigenvalue weighted by Gasteiger charge is -2.25. The van der Waals surface area contributed by atoms with E-state index in [1.54, 1.807) is 19.2 Å². The van der Waals surface area contributed by atoms with Crippen molar-refractivity contribution in [2.45, 2.75) is 25.4 Å². The maximum Gasteiger partial charge on any atom is 0.289 e. The van der Waals surface area contributed by atoms with E-state index >= 15 is 0 Å². The maximum absolute atomic E-state index is 12.7. The van der Waals surface area contributed by atoms with Gasteiger partial charge in [-0.1, -0.05) is 28.1 Å². The van der Waals surface area contributed by atoms with Crippen LogP contribution in [0.1, 0.15) is 29.0 Å². The summed E-state index contributed by atoms with van der Waals surface area (Å²) in [4.78, 5) is 28.2. The van der Waals surface area contributed by atoms with E-state index < -0.39 is 0 Å². The Hall–Kier alpha value is -2.08. The molecule has 5 nitrogen and oxygen atoms in total. The molecule has 126 valence electrons. The van der Waals surface area contributed by atoms with Gasteiger partial charge in [-0.2, -0.15) is 0 Å². The van der Waals surface area contributed by atoms with Crippen molar-refractivity contribution in [3.63, 3.8) is 0 Å². The van der Waals surface area contributed by atoms with Crippen molar-refractivity contribution >= 4 is 27.7 Å². The Labute approximate surface area is 149 Å². The van der Waals surface area contributed by atoms with Gasteiger partial charge >= 0.3 is 0 Å². The fourth-order valence-electron chi connectivity index (χ4n) is 2.59. The van der Waals surface area contributed by atoms with Crippen molar-refractivity contribution in [2.24, 2.45) is 0 Å². The summed E-state index contributed by atoms with van der Waals surface area (Å²) in [5.41, 5.74) is 1.07. The molecule has 3 rings (SSSR count). The highest BCUT2D eigenvalue weighted by molar-refractivity contribution is 9.10. The Morgan fingerprint density at radius 3 is 2.67 bits per heavy atom. The van der Waals surface area contributed by atoms with Crippen molar-refractivity contribution in [3.05, 3.63) is 58.5 Å². The minimum Gasteiger partial charge on any atom is -0.459 e. The second-order valence-corrected chi connectivity index (χ2v) is 6.94. The van der Waals surface area contributed by atoms with Gasteiger partial charge in [-0.15, -0.1) is 0 Å². The zero-order valence-electron chi connectivity index (χ0n) is 13.4. The summed E-state index contributed by atoms with van der Waals surface area (Å²) in [7, 11) is 1.62. The van der Waals surface area contributed by atoms with Crippen LogP contribution in [0.25, 0.3) is 0 Å². The van der Waals surface area contributed by atoms with E-state index in [0.717, 1.165) is 22.9 Å². The van der Waals surface area contributed by atoms with Gasteiger partial charge in [0, 0.05) is 24.1 Å². The summed E-state index contributed by atoms with van der Waals surface area (Å²) in [6.07, 6.45) is 3.50. The molecule has 0 spiro atoms. The first kappa shape index (κ1) is 16.8. The summed E-state index contributed by atoms with van der Waals surface area (Å²) in [5, 5.41) is 0. The summed E-state index contributed by atoms with van der Waals surface area (Å²) < 4.78 is 6.10. The number of benzene rings is 1. The van der Waals surface area contributed by atoms with Crippen LogP contribution in [0.5, 0.6) is 0 Å². The molecule has 0 unspecified atom stereocenters. The van der Waals surface area contributed by atoms with Crippen LogP contribution in [-0.4, -0.2) is 41.2 Å². The second kappa shape index (κ2) is 7.21. The molecule has 1 aromatic carbocycles. The number of nitrogens with zero attached hydrogens (tertiary/aromatic N) is 2. The Balaban J connectivity index is 1.65. The normalized spacial score (nSPS) is 13.6. The zero-order valence-corrected chi connectivity index (χ0v) is 15.0. The smallest absolute Gasteiger partial charge is 0.289 e. The first-order valence-electron chi connectivity index (χ1n) is 7.87. The molecule has 1 aliphatic carbocycles. The minimum atomic E-state index is -0.286. The molecule has 0 bridgehead atoms. The van der Waals surface area contributed by atoms with Crippen LogP contribution < -0.4 is 0 Å². The molecule has 24 heavy (non-hydrogen) atoms. The number of furan rings is 1. The average molecular weight is 391 g/mol. The van der Waals surface area contributed by atoms with Crippen molar-refractivity contribution in [1.82, 2.24) is 9.80 Å². The van der Waals surface area contributed by atoms with Crippen molar-refractivity contribution in [2.75, 3.05) is 13.6 Å². The molecule has 0 saturated heterocycles. The quantitative estimate of drug-likeness (QED) is 0.759. The maximum atomic E-state index is 12.7. The van der Waals surface area contributed by atoms with E-state index in [1.165, 1.54) is 11.2 Å². The molecule has 1 fully saturated rings. The van der Waals surface area contributed by atoms with E-state index in [0.29, 0.717) is 6.54 Å². The molecule has 1 aliphatic rings. The van der Waals surface area contributed by atoms with Crippen LogP contribution >= 0.6 is 15.9 Å². The fourth-order valence-corrected chi connectivity index (χ4v) is 3.04. The standard InChI is InChI=1S/C18H19BrN2O3/c1-20(18(23)16-6-3-9-24-16)12-17(22)21(15-7-8-15)11-13-4-2-5-14(19)10-13/h2-6,9-10,15H,7-8,11-12H2,1H3. The number of carbonyl (C=O) groups is 2. The molecule has 6 heteroatoms. The number of carbonyl (C=O) groups excluding carboxylic acids is 2. The molecule has 0 N–H and O–H groups in total. The molecule has 1 aromatic heterocycles. The molecule has 1 heterocycles. The summed E-state index contributed by atoms with van der Waals surface area (Å²) in [6, 6.07) is 11.5. The van der Waals surface area contributed by atoms with Crippen LogP contribution in [-0.2, 0) is 11.3 Å². The third kappa shape index (κ3) is 4.06.